The van der Waals surface area contributed by atoms with E-state index in [1.165, 1.54) is 11.1 Å². The molecule has 1 aliphatic heterocycles. The second-order valence-corrected chi connectivity index (χ2v) is 8.35. The molecule has 0 unspecified atom stereocenters. The third-order valence-electron chi connectivity index (χ3n) is 6.23. The molecule has 3 aromatic carbocycles. The summed E-state index contributed by atoms with van der Waals surface area (Å²) in [5, 5.41) is 6.65. The van der Waals surface area contributed by atoms with E-state index in [1.807, 2.05) is 60.7 Å². The molecule has 1 saturated carbocycles. The van der Waals surface area contributed by atoms with Gasteiger partial charge in [-0.15, -0.1) is 0 Å². The van der Waals surface area contributed by atoms with Gasteiger partial charge in [-0.2, -0.15) is 5.10 Å². The zero-order valence-corrected chi connectivity index (χ0v) is 18.0. The minimum atomic E-state index is -0.0799. The number of allylic oxidation sites excluding steroid dienone is 1. The normalized spacial score (nSPS) is 21.6. The largest absolute Gasteiger partial charge is 0.268 e. The maximum absolute atomic E-state index is 13.3. The summed E-state index contributed by atoms with van der Waals surface area (Å²) < 4.78 is 0. The van der Waals surface area contributed by atoms with Gasteiger partial charge in [-0.1, -0.05) is 91.0 Å². The van der Waals surface area contributed by atoms with Gasteiger partial charge in [-0.3, -0.25) is 4.79 Å². The Balaban J connectivity index is 1.51. The Bertz CT molecular complexity index is 1160. The number of nitrogens with zero attached hydrogens (tertiary/aromatic N) is 2. The highest BCUT2D eigenvalue weighted by atomic mass is 16.2. The van der Waals surface area contributed by atoms with E-state index < -0.39 is 0 Å². The van der Waals surface area contributed by atoms with Crippen molar-refractivity contribution in [3.05, 3.63) is 119 Å². The molecule has 32 heavy (non-hydrogen) atoms. The zero-order chi connectivity index (χ0) is 21.8. The van der Waals surface area contributed by atoms with Gasteiger partial charge in [0.2, 0.25) is 0 Å². The monoisotopic (exact) mass is 418 g/mol. The van der Waals surface area contributed by atoms with Gasteiger partial charge in [-0.25, -0.2) is 5.01 Å². The van der Waals surface area contributed by atoms with Crippen molar-refractivity contribution in [3.63, 3.8) is 0 Å². The van der Waals surface area contributed by atoms with Crippen molar-refractivity contribution in [2.24, 2.45) is 11.0 Å². The predicted octanol–water partition coefficient (Wildman–Crippen LogP) is 6.52. The van der Waals surface area contributed by atoms with Gasteiger partial charge in [0.1, 0.15) is 0 Å². The molecule has 0 radical (unpaired) electrons. The first-order chi connectivity index (χ1) is 15.8. The average Bonchev–Trinajstić information content (AvgIpc) is 3.25. The van der Waals surface area contributed by atoms with Crippen molar-refractivity contribution in [1.29, 1.82) is 0 Å². The van der Waals surface area contributed by atoms with Crippen molar-refractivity contribution < 1.29 is 4.79 Å². The van der Waals surface area contributed by atoms with Crippen LogP contribution in [0.4, 0.5) is 0 Å². The lowest BCUT2D eigenvalue weighted by Gasteiger charge is -2.29. The Hall–Kier alpha value is -3.72. The lowest BCUT2D eigenvalue weighted by molar-refractivity contribution is -0.128. The molecule has 2 aliphatic rings. The molecule has 158 valence electrons. The Labute approximate surface area is 189 Å². The standard InChI is InChI=1S/C29H26N2O/c32-27(20-19-22-11-4-1-5-12-22)31-29(24-15-8-3-9-16-24)26-18-10-17-25(28(26)30-31)21-23-13-6-2-7-14-23/h1-9,11-16,19-21,26,29H,10,17-18H2/b20-19+,25-21+/t26-,29-/m0/s1. The molecular formula is C29H26N2O. The van der Waals surface area contributed by atoms with Crippen LogP contribution in [0.15, 0.2) is 108 Å². The quantitative estimate of drug-likeness (QED) is 0.444. The van der Waals surface area contributed by atoms with Gasteiger partial charge in [-0.05, 0) is 53.7 Å². The van der Waals surface area contributed by atoms with Gasteiger partial charge < -0.3 is 0 Å². The van der Waals surface area contributed by atoms with Crippen LogP contribution in [0.5, 0.6) is 0 Å². The van der Waals surface area contributed by atoms with Crippen LogP contribution < -0.4 is 0 Å². The van der Waals surface area contributed by atoms with Crippen LogP contribution >= 0.6 is 0 Å². The first-order valence-corrected chi connectivity index (χ1v) is 11.3. The molecule has 0 N–H and O–H groups in total. The van der Waals surface area contributed by atoms with Crippen molar-refractivity contribution in [1.82, 2.24) is 5.01 Å². The minimum absolute atomic E-state index is 0.0707. The fourth-order valence-corrected chi connectivity index (χ4v) is 4.72. The maximum atomic E-state index is 13.3. The van der Waals surface area contributed by atoms with E-state index in [4.69, 9.17) is 5.10 Å². The second kappa shape index (κ2) is 9.19. The molecule has 2 atom stereocenters. The van der Waals surface area contributed by atoms with Gasteiger partial charge in [0.15, 0.2) is 0 Å². The number of carbonyl (C=O) groups excluding carboxylic acids is 1. The molecule has 0 spiro atoms. The van der Waals surface area contributed by atoms with Crippen LogP contribution in [0, 0.1) is 5.92 Å². The molecule has 1 heterocycles. The Morgan fingerprint density at radius 1 is 0.844 bits per heavy atom. The Morgan fingerprint density at radius 3 is 2.16 bits per heavy atom. The van der Waals surface area contributed by atoms with Crippen LogP contribution in [-0.4, -0.2) is 16.6 Å². The summed E-state index contributed by atoms with van der Waals surface area (Å²) >= 11 is 0. The Kier molecular flexibility index (Phi) is 5.80. The SMILES string of the molecule is O=C(/C=C/c1ccccc1)N1N=C2/C(=C/c3ccccc3)CCC[C@@H]2[C@@H]1c1ccccc1. The molecule has 5 rings (SSSR count). The average molecular weight is 419 g/mol. The zero-order valence-electron chi connectivity index (χ0n) is 18.0. The summed E-state index contributed by atoms with van der Waals surface area (Å²) in [6, 6.07) is 30.5. The lowest BCUT2D eigenvalue weighted by Crippen LogP contribution is -2.30. The van der Waals surface area contributed by atoms with Gasteiger partial charge >= 0.3 is 0 Å². The molecule has 3 aromatic rings. The molecule has 0 bridgehead atoms. The van der Waals surface area contributed by atoms with E-state index >= 15 is 0 Å². The van der Waals surface area contributed by atoms with Gasteiger partial charge in [0.05, 0.1) is 11.8 Å². The molecule has 0 aromatic heterocycles. The van der Waals surface area contributed by atoms with Crippen molar-refractivity contribution in [2.75, 3.05) is 0 Å². The highest BCUT2D eigenvalue weighted by Gasteiger charge is 2.43. The number of hydrazone groups is 1. The lowest BCUT2D eigenvalue weighted by atomic mass is 9.77. The van der Waals surface area contributed by atoms with E-state index in [2.05, 4.69) is 42.5 Å². The maximum Gasteiger partial charge on any atom is 0.267 e. The molecule has 3 nitrogen and oxygen atoms in total. The molecule has 1 aliphatic carbocycles. The van der Waals surface area contributed by atoms with Crippen LogP contribution in [0.2, 0.25) is 0 Å². The predicted molar refractivity (Wildman–Crippen MR) is 131 cm³/mol. The minimum Gasteiger partial charge on any atom is -0.268 e. The Morgan fingerprint density at radius 2 is 1.47 bits per heavy atom. The van der Waals surface area contributed by atoms with E-state index in [0.29, 0.717) is 0 Å². The van der Waals surface area contributed by atoms with Crippen LogP contribution in [-0.2, 0) is 4.79 Å². The highest BCUT2D eigenvalue weighted by Crippen LogP contribution is 2.44. The molecule has 0 saturated heterocycles. The highest BCUT2D eigenvalue weighted by molar-refractivity contribution is 6.08. The van der Waals surface area contributed by atoms with Gasteiger partial charge in [0.25, 0.3) is 5.91 Å². The number of carbonyl (C=O) groups is 1. The second-order valence-electron chi connectivity index (χ2n) is 8.35. The third-order valence-corrected chi connectivity index (χ3v) is 6.23. The van der Waals surface area contributed by atoms with Crippen molar-refractivity contribution >= 4 is 23.8 Å². The summed E-state index contributed by atoms with van der Waals surface area (Å²) in [6.45, 7) is 0. The summed E-state index contributed by atoms with van der Waals surface area (Å²) in [5.74, 6) is 0.138. The fraction of sp³-hybridized carbons (Fsp3) is 0.172. The van der Waals surface area contributed by atoms with Gasteiger partial charge in [0, 0.05) is 12.0 Å². The number of rotatable bonds is 4. The summed E-state index contributed by atoms with van der Waals surface area (Å²) in [6.07, 6.45) is 8.89. The van der Waals surface area contributed by atoms with E-state index in [-0.39, 0.29) is 17.9 Å². The van der Waals surface area contributed by atoms with E-state index in [9.17, 15) is 4.79 Å². The molecule has 3 heteroatoms. The number of hydrogen-bond acceptors (Lipinski definition) is 2. The fourth-order valence-electron chi connectivity index (χ4n) is 4.72. The van der Waals surface area contributed by atoms with E-state index in [0.717, 1.165) is 36.1 Å². The van der Waals surface area contributed by atoms with Crippen LogP contribution in [0.3, 0.4) is 0 Å². The molecule has 1 amide bonds. The van der Waals surface area contributed by atoms with Crippen LogP contribution in [0.1, 0.15) is 42.0 Å². The summed E-state index contributed by atoms with van der Waals surface area (Å²) in [7, 11) is 0. The first-order valence-electron chi connectivity index (χ1n) is 11.3. The number of fused-ring (bicyclic) bond motifs is 1. The summed E-state index contributed by atoms with van der Waals surface area (Å²) in [5.41, 5.74) is 5.63. The van der Waals surface area contributed by atoms with E-state index in [1.54, 1.807) is 11.1 Å². The van der Waals surface area contributed by atoms with Crippen molar-refractivity contribution in [3.8, 4) is 0 Å². The number of benzene rings is 3. The first kappa shape index (κ1) is 20.2. The number of amides is 1. The summed E-state index contributed by atoms with van der Waals surface area (Å²) in [4.78, 5) is 13.3. The molecule has 1 fully saturated rings. The number of hydrogen-bond donors (Lipinski definition) is 0. The topological polar surface area (TPSA) is 32.7 Å². The third kappa shape index (κ3) is 4.19. The smallest absolute Gasteiger partial charge is 0.267 e. The molecular weight excluding hydrogens is 392 g/mol. The van der Waals surface area contributed by atoms with Crippen LogP contribution in [0.25, 0.3) is 12.2 Å². The van der Waals surface area contributed by atoms with Crippen molar-refractivity contribution in [2.45, 2.75) is 25.3 Å².